The summed E-state index contributed by atoms with van der Waals surface area (Å²) in [5.74, 6) is 0. The molecule has 0 spiro atoms. The van der Waals surface area contributed by atoms with Gasteiger partial charge in [0.05, 0.1) is 11.7 Å². The molecule has 19 heavy (non-hydrogen) atoms. The van der Waals surface area contributed by atoms with Crippen molar-refractivity contribution in [3.8, 4) is 0 Å². The third-order valence-electron chi connectivity index (χ3n) is 4.59. The minimum absolute atomic E-state index is 0.0937. The highest BCUT2D eigenvalue weighted by atomic mass is 16.5. The fourth-order valence-corrected chi connectivity index (χ4v) is 3.33. The number of piperidine rings is 1. The average molecular weight is 268 g/mol. The maximum absolute atomic E-state index is 6.16. The Morgan fingerprint density at radius 1 is 1.21 bits per heavy atom. The van der Waals surface area contributed by atoms with E-state index in [9.17, 15) is 0 Å². The third kappa shape index (κ3) is 4.73. The lowest BCUT2D eigenvalue weighted by Gasteiger charge is -2.34. The number of nitrogens with one attached hydrogen (secondary N) is 1. The van der Waals surface area contributed by atoms with Crippen LogP contribution in [0.2, 0.25) is 0 Å². The number of rotatable bonds is 5. The number of ether oxygens (including phenoxy) is 1. The van der Waals surface area contributed by atoms with Gasteiger partial charge in [-0.1, -0.05) is 6.42 Å². The molecule has 0 saturated carbocycles. The Hall–Kier alpha value is -0.120. The van der Waals surface area contributed by atoms with Crippen molar-refractivity contribution in [3.63, 3.8) is 0 Å². The van der Waals surface area contributed by atoms with Gasteiger partial charge in [-0.15, -0.1) is 0 Å². The molecule has 2 unspecified atom stereocenters. The summed E-state index contributed by atoms with van der Waals surface area (Å²) in [4.78, 5) is 2.61. The number of nitrogens with zero attached hydrogens (tertiary/aromatic N) is 1. The van der Waals surface area contributed by atoms with Gasteiger partial charge in [-0.2, -0.15) is 0 Å². The minimum Gasteiger partial charge on any atom is -0.371 e. The molecule has 112 valence electrons. The van der Waals surface area contributed by atoms with Crippen molar-refractivity contribution in [2.24, 2.45) is 0 Å². The molecule has 0 aliphatic carbocycles. The van der Waals surface area contributed by atoms with Crippen molar-refractivity contribution in [1.29, 1.82) is 0 Å². The second kappa shape index (κ2) is 6.55. The van der Waals surface area contributed by atoms with Gasteiger partial charge in [0.25, 0.3) is 0 Å². The van der Waals surface area contributed by atoms with E-state index in [0.29, 0.717) is 18.2 Å². The zero-order valence-corrected chi connectivity index (χ0v) is 13.2. The van der Waals surface area contributed by atoms with Gasteiger partial charge in [0, 0.05) is 25.2 Å². The Balaban J connectivity index is 1.82. The zero-order chi connectivity index (χ0) is 13.9. The van der Waals surface area contributed by atoms with Crippen LogP contribution in [-0.2, 0) is 4.74 Å². The molecule has 0 radical (unpaired) electrons. The molecule has 2 rings (SSSR count). The van der Waals surface area contributed by atoms with E-state index in [2.05, 4.69) is 37.9 Å². The van der Waals surface area contributed by atoms with Crippen LogP contribution >= 0.6 is 0 Å². The molecule has 0 bridgehead atoms. The highest BCUT2D eigenvalue weighted by molar-refractivity contribution is 4.85. The molecule has 1 N–H and O–H groups in total. The highest BCUT2D eigenvalue weighted by Gasteiger charge is 2.33. The van der Waals surface area contributed by atoms with Crippen LogP contribution in [0.1, 0.15) is 59.8 Å². The molecule has 2 heterocycles. The van der Waals surface area contributed by atoms with Gasteiger partial charge in [-0.3, -0.25) is 4.90 Å². The van der Waals surface area contributed by atoms with Crippen LogP contribution in [0, 0.1) is 0 Å². The quantitative estimate of drug-likeness (QED) is 0.830. The Morgan fingerprint density at radius 3 is 2.53 bits per heavy atom. The Morgan fingerprint density at radius 2 is 2.00 bits per heavy atom. The Labute approximate surface area is 119 Å². The van der Waals surface area contributed by atoms with E-state index in [4.69, 9.17) is 4.74 Å². The van der Waals surface area contributed by atoms with E-state index < -0.39 is 0 Å². The largest absolute Gasteiger partial charge is 0.371 e. The Kier molecular flexibility index (Phi) is 5.27. The third-order valence-corrected chi connectivity index (χ3v) is 4.59. The van der Waals surface area contributed by atoms with Crippen LogP contribution < -0.4 is 5.32 Å². The lowest BCUT2D eigenvalue weighted by atomic mass is 10.0. The normalized spacial score (nSPS) is 31.3. The lowest BCUT2D eigenvalue weighted by molar-refractivity contribution is -0.0334. The van der Waals surface area contributed by atoms with Crippen molar-refractivity contribution < 1.29 is 4.74 Å². The van der Waals surface area contributed by atoms with Crippen molar-refractivity contribution >= 4 is 0 Å². The molecule has 0 aromatic heterocycles. The summed E-state index contributed by atoms with van der Waals surface area (Å²) >= 11 is 0. The van der Waals surface area contributed by atoms with Gasteiger partial charge in [0.2, 0.25) is 0 Å². The summed E-state index contributed by atoms with van der Waals surface area (Å²) in [5.41, 5.74) is 0.0937. The summed E-state index contributed by atoms with van der Waals surface area (Å²) < 4.78 is 6.16. The van der Waals surface area contributed by atoms with Crippen molar-refractivity contribution in [1.82, 2.24) is 10.2 Å². The summed E-state index contributed by atoms with van der Waals surface area (Å²) in [6.45, 7) is 12.5. The monoisotopic (exact) mass is 268 g/mol. The molecule has 2 atom stereocenters. The minimum atomic E-state index is 0.0937. The highest BCUT2D eigenvalue weighted by Crippen LogP contribution is 2.30. The Bertz CT molecular complexity index is 272. The molecule has 2 saturated heterocycles. The molecular formula is C16H32N2O. The van der Waals surface area contributed by atoms with Gasteiger partial charge in [-0.25, -0.2) is 0 Å². The van der Waals surface area contributed by atoms with Crippen LogP contribution in [-0.4, -0.2) is 48.3 Å². The first-order valence-electron chi connectivity index (χ1n) is 8.11. The maximum Gasteiger partial charge on any atom is 0.0710 e. The topological polar surface area (TPSA) is 24.5 Å². The van der Waals surface area contributed by atoms with Gasteiger partial charge >= 0.3 is 0 Å². The fraction of sp³-hybridized carbons (Fsp3) is 1.00. The second-order valence-electron chi connectivity index (χ2n) is 7.23. The number of hydrogen-bond donors (Lipinski definition) is 1. The molecule has 2 aliphatic heterocycles. The van der Waals surface area contributed by atoms with Crippen molar-refractivity contribution in [3.05, 3.63) is 0 Å². The van der Waals surface area contributed by atoms with E-state index in [1.165, 1.54) is 45.2 Å². The van der Waals surface area contributed by atoms with Gasteiger partial charge in [-0.05, 0) is 59.9 Å². The maximum atomic E-state index is 6.16. The first kappa shape index (κ1) is 15.3. The first-order valence-corrected chi connectivity index (χ1v) is 8.11. The van der Waals surface area contributed by atoms with E-state index in [1.807, 2.05) is 0 Å². The van der Waals surface area contributed by atoms with Gasteiger partial charge < -0.3 is 10.1 Å². The van der Waals surface area contributed by atoms with Gasteiger partial charge in [0.1, 0.15) is 0 Å². The summed E-state index contributed by atoms with van der Waals surface area (Å²) in [5, 5.41) is 3.66. The van der Waals surface area contributed by atoms with Crippen molar-refractivity contribution in [2.45, 2.75) is 83.6 Å². The molecule has 3 nitrogen and oxygen atoms in total. The second-order valence-corrected chi connectivity index (χ2v) is 7.23. The summed E-state index contributed by atoms with van der Waals surface area (Å²) in [6, 6.07) is 1.29. The van der Waals surface area contributed by atoms with Crippen LogP contribution in [0.15, 0.2) is 0 Å². The number of hydrogen-bond acceptors (Lipinski definition) is 3. The first-order chi connectivity index (χ1) is 8.96. The SMILES string of the molecule is CC(C)N(CC1CCCCN1)CC1CCC(C)(C)O1. The van der Waals surface area contributed by atoms with Gasteiger partial charge in [0.15, 0.2) is 0 Å². The predicted octanol–water partition coefficient (Wildman–Crippen LogP) is 2.80. The smallest absolute Gasteiger partial charge is 0.0710 e. The fourth-order valence-electron chi connectivity index (χ4n) is 3.33. The van der Waals surface area contributed by atoms with Crippen LogP contribution in [0.4, 0.5) is 0 Å². The molecule has 0 aromatic carbocycles. The van der Waals surface area contributed by atoms with Crippen LogP contribution in [0.3, 0.4) is 0 Å². The van der Waals surface area contributed by atoms with Crippen molar-refractivity contribution in [2.75, 3.05) is 19.6 Å². The average Bonchev–Trinajstić information content (AvgIpc) is 2.69. The van der Waals surface area contributed by atoms with E-state index in [1.54, 1.807) is 0 Å². The molecule has 0 aromatic rings. The van der Waals surface area contributed by atoms with E-state index in [0.717, 1.165) is 6.54 Å². The van der Waals surface area contributed by atoms with E-state index >= 15 is 0 Å². The predicted molar refractivity (Wildman–Crippen MR) is 80.5 cm³/mol. The molecule has 0 amide bonds. The van der Waals surface area contributed by atoms with Crippen LogP contribution in [0.5, 0.6) is 0 Å². The van der Waals surface area contributed by atoms with Crippen LogP contribution in [0.25, 0.3) is 0 Å². The summed E-state index contributed by atoms with van der Waals surface area (Å²) in [7, 11) is 0. The molecule has 3 heteroatoms. The lowest BCUT2D eigenvalue weighted by Crippen LogP contribution is -2.48. The molecular weight excluding hydrogens is 236 g/mol. The zero-order valence-electron chi connectivity index (χ0n) is 13.2. The molecule has 2 aliphatic rings. The standard InChI is InChI=1S/C16H32N2O/c1-13(2)18(11-14-7-5-6-10-17-14)12-15-8-9-16(3,4)19-15/h13-15,17H,5-12H2,1-4H3. The summed E-state index contributed by atoms with van der Waals surface area (Å²) in [6.07, 6.45) is 6.91. The molecule has 2 fully saturated rings. The van der Waals surface area contributed by atoms with E-state index in [-0.39, 0.29) is 5.60 Å².